The van der Waals surface area contributed by atoms with Crippen molar-refractivity contribution in [2.45, 2.75) is 43.7 Å². The molecular weight excluding hydrogens is 280 g/mol. The zero-order valence-electron chi connectivity index (χ0n) is 11.4. The lowest BCUT2D eigenvalue weighted by Crippen LogP contribution is -2.56. The lowest BCUT2D eigenvalue weighted by Gasteiger charge is -2.34. The van der Waals surface area contributed by atoms with Crippen molar-refractivity contribution < 1.29 is 14.4 Å². The maximum Gasteiger partial charge on any atom is 0.246 e. The molecule has 2 saturated heterocycles. The predicted octanol–water partition coefficient (Wildman–Crippen LogP) is -1.43. The Hall–Kier alpha value is -1.28. The Labute approximate surface area is 124 Å². The molecule has 0 aromatic heterocycles. The van der Waals surface area contributed by atoms with Crippen molar-refractivity contribution in [1.82, 2.24) is 10.2 Å². The first-order chi connectivity index (χ1) is 8.97. The van der Waals surface area contributed by atoms with Gasteiger partial charge in [0.25, 0.3) is 0 Å². The van der Waals surface area contributed by atoms with E-state index in [1.807, 2.05) is 0 Å². The average Bonchev–Trinajstić information content (AvgIpc) is 2.94. The van der Waals surface area contributed by atoms with E-state index in [-0.39, 0.29) is 38.2 Å². The number of nitrogens with one attached hydrogen (secondary N) is 1. The summed E-state index contributed by atoms with van der Waals surface area (Å²) in [5.74, 6) is -0.811. The van der Waals surface area contributed by atoms with Gasteiger partial charge in [-0.05, 0) is 25.7 Å². The van der Waals surface area contributed by atoms with Crippen LogP contribution < -0.4 is 16.8 Å². The molecule has 8 heteroatoms. The molecule has 0 aliphatic carbocycles. The molecule has 20 heavy (non-hydrogen) atoms. The molecule has 1 unspecified atom stereocenters. The summed E-state index contributed by atoms with van der Waals surface area (Å²) < 4.78 is 0. The molecule has 0 saturated carbocycles. The van der Waals surface area contributed by atoms with Gasteiger partial charge in [0.1, 0.15) is 5.54 Å². The van der Waals surface area contributed by atoms with Crippen LogP contribution >= 0.6 is 13.5 Å². The highest BCUT2D eigenvalue weighted by molar-refractivity contribution is 7.59. The van der Waals surface area contributed by atoms with Gasteiger partial charge in [0, 0.05) is 19.5 Å². The number of nitrogens with zero attached hydrogens (tertiary/aromatic N) is 1. The zero-order valence-corrected chi connectivity index (χ0v) is 12.4. The maximum absolute atomic E-state index is 12.3. The molecule has 3 amide bonds. The molecule has 2 aliphatic heterocycles. The van der Waals surface area contributed by atoms with E-state index in [2.05, 4.69) is 5.32 Å². The minimum absolute atomic E-state index is 0. The van der Waals surface area contributed by atoms with Gasteiger partial charge in [-0.25, -0.2) is 0 Å². The van der Waals surface area contributed by atoms with E-state index in [0.717, 1.165) is 6.42 Å². The van der Waals surface area contributed by atoms with Gasteiger partial charge in [-0.15, -0.1) is 0 Å². The van der Waals surface area contributed by atoms with Gasteiger partial charge < -0.3 is 21.7 Å². The normalized spacial score (nSPS) is 26.2. The molecule has 2 atom stereocenters. The minimum Gasteiger partial charge on any atom is -0.370 e. The first-order valence-electron chi connectivity index (χ1n) is 6.61. The van der Waals surface area contributed by atoms with Crippen molar-refractivity contribution >= 4 is 31.2 Å². The predicted molar refractivity (Wildman–Crippen MR) is 78.1 cm³/mol. The maximum atomic E-state index is 12.3. The van der Waals surface area contributed by atoms with Crippen LogP contribution in [0, 0.1) is 0 Å². The van der Waals surface area contributed by atoms with Crippen LogP contribution in [0.15, 0.2) is 0 Å². The summed E-state index contributed by atoms with van der Waals surface area (Å²) in [5, 5.41) is 2.78. The van der Waals surface area contributed by atoms with E-state index >= 15 is 0 Å². The molecule has 0 aromatic rings. The molecule has 0 bridgehead atoms. The Kier molecular flexibility index (Phi) is 5.41. The second-order valence-corrected chi connectivity index (χ2v) is 5.24. The van der Waals surface area contributed by atoms with E-state index < -0.39 is 17.5 Å². The third-order valence-corrected chi connectivity index (χ3v) is 4.02. The first kappa shape index (κ1) is 16.8. The standard InChI is InChI=1S/C12H20N4O3.H2S/c13-8(2-3-9(14)17)10(18)16-7-1-4-12(16)5-6-15-11(12)19;/h8H,1-7,13H2,(H2,14,17)(H,15,19);1H2/t8-,12?;/m0./s1. The quantitative estimate of drug-likeness (QED) is 0.590. The third kappa shape index (κ3) is 2.90. The van der Waals surface area contributed by atoms with Crippen molar-refractivity contribution in [3.63, 3.8) is 0 Å². The van der Waals surface area contributed by atoms with E-state index in [9.17, 15) is 14.4 Å². The van der Waals surface area contributed by atoms with E-state index in [1.54, 1.807) is 4.90 Å². The average molecular weight is 302 g/mol. The molecule has 1 spiro atoms. The Morgan fingerprint density at radius 1 is 1.40 bits per heavy atom. The molecule has 5 N–H and O–H groups in total. The van der Waals surface area contributed by atoms with Crippen molar-refractivity contribution in [3.05, 3.63) is 0 Å². The van der Waals surface area contributed by atoms with Crippen molar-refractivity contribution in [3.8, 4) is 0 Å². The topological polar surface area (TPSA) is 119 Å². The van der Waals surface area contributed by atoms with Crippen LogP contribution in [0.1, 0.15) is 32.1 Å². The highest BCUT2D eigenvalue weighted by Gasteiger charge is 2.52. The number of hydrogen-bond acceptors (Lipinski definition) is 4. The number of hydrogen-bond donors (Lipinski definition) is 3. The Morgan fingerprint density at radius 3 is 2.65 bits per heavy atom. The van der Waals surface area contributed by atoms with Crippen molar-refractivity contribution in [2.75, 3.05) is 13.1 Å². The number of carbonyl (C=O) groups excluding carboxylic acids is 3. The minimum atomic E-state index is -0.768. The van der Waals surface area contributed by atoms with Gasteiger partial charge in [0.05, 0.1) is 6.04 Å². The largest absolute Gasteiger partial charge is 0.370 e. The number of likely N-dealkylation sites (tertiary alicyclic amines) is 1. The Balaban J connectivity index is 0.00000200. The van der Waals surface area contributed by atoms with E-state index in [4.69, 9.17) is 11.5 Å². The van der Waals surface area contributed by atoms with Gasteiger partial charge in [0.2, 0.25) is 17.7 Å². The third-order valence-electron chi connectivity index (χ3n) is 4.02. The number of amides is 3. The lowest BCUT2D eigenvalue weighted by atomic mass is 9.93. The number of carbonyl (C=O) groups is 3. The van der Waals surface area contributed by atoms with Gasteiger partial charge in [-0.3, -0.25) is 14.4 Å². The summed E-state index contributed by atoms with van der Waals surface area (Å²) in [6.07, 6.45) is 2.44. The Bertz CT molecular complexity index is 414. The van der Waals surface area contributed by atoms with Crippen LogP contribution in [0.25, 0.3) is 0 Å². The summed E-state index contributed by atoms with van der Waals surface area (Å²) in [4.78, 5) is 36.6. The fourth-order valence-electron chi connectivity index (χ4n) is 2.98. The van der Waals surface area contributed by atoms with Gasteiger partial charge >= 0.3 is 0 Å². The molecule has 2 rings (SSSR count). The SMILES string of the molecule is NC(=O)CC[C@H](N)C(=O)N1CCCC12CCNC2=O.S. The first-order valence-corrected chi connectivity index (χ1v) is 6.61. The number of nitrogens with two attached hydrogens (primary N) is 2. The van der Waals surface area contributed by atoms with Crippen LogP contribution in [0.3, 0.4) is 0 Å². The van der Waals surface area contributed by atoms with Gasteiger partial charge in [-0.1, -0.05) is 0 Å². The summed E-state index contributed by atoms with van der Waals surface area (Å²) in [6, 6.07) is -0.768. The van der Waals surface area contributed by atoms with Crippen LogP contribution in [-0.2, 0) is 14.4 Å². The molecule has 7 nitrogen and oxygen atoms in total. The smallest absolute Gasteiger partial charge is 0.246 e. The highest BCUT2D eigenvalue weighted by atomic mass is 32.1. The Morgan fingerprint density at radius 2 is 2.10 bits per heavy atom. The molecule has 114 valence electrons. The van der Waals surface area contributed by atoms with Crippen molar-refractivity contribution in [2.24, 2.45) is 11.5 Å². The van der Waals surface area contributed by atoms with Crippen LogP contribution in [0.5, 0.6) is 0 Å². The van der Waals surface area contributed by atoms with Gasteiger partial charge in [0.15, 0.2) is 0 Å². The van der Waals surface area contributed by atoms with Crippen LogP contribution in [0.4, 0.5) is 0 Å². The molecule has 0 aromatic carbocycles. The molecule has 2 fully saturated rings. The summed E-state index contributed by atoms with van der Waals surface area (Å²) >= 11 is 0. The highest BCUT2D eigenvalue weighted by Crippen LogP contribution is 2.35. The summed E-state index contributed by atoms with van der Waals surface area (Å²) in [5.41, 5.74) is 10.2. The molecule has 2 aliphatic rings. The number of primary amides is 1. The summed E-state index contributed by atoms with van der Waals surface area (Å²) in [6.45, 7) is 1.15. The number of rotatable bonds is 4. The lowest BCUT2D eigenvalue weighted by molar-refractivity contribution is -0.143. The second-order valence-electron chi connectivity index (χ2n) is 5.24. The van der Waals surface area contributed by atoms with Crippen LogP contribution in [0.2, 0.25) is 0 Å². The van der Waals surface area contributed by atoms with E-state index in [0.29, 0.717) is 25.9 Å². The monoisotopic (exact) mass is 302 g/mol. The van der Waals surface area contributed by atoms with Crippen molar-refractivity contribution in [1.29, 1.82) is 0 Å². The molecule has 2 heterocycles. The van der Waals surface area contributed by atoms with Crippen LogP contribution in [-0.4, -0.2) is 47.3 Å². The summed E-state index contributed by atoms with van der Waals surface area (Å²) in [7, 11) is 0. The molecular formula is C12H22N4O3S. The fraction of sp³-hybridized carbons (Fsp3) is 0.750. The fourth-order valence-corrected chi connectivity index (χ4v) is 2.98. The molecule has 0 radical (unpaired) electrons. The second kappa shape index (κ2) is 6.45. The van der Waals surface area contributed by atoms with E-state index in [1.165, 1.54) is 0 Å². The van der Waals surface area contributed by atoms with Gasteiger partial charge in [-0.2, -0.15) is 13.5 Å². The zero-order chi connectivity index (χ0) is 14.0.